The van der Waals surface area contributed by atoms with Gasteiger partial charge >= 0.3 is 24.3 Å². The van der Waals surface area contributed by atoms with E-state index in [4.69, 9.17) is 4.74 Å². The second-order valence-electron chi connectivity index (χ2n) is 9.22. The Balaban J connectivity index is 5.55. The fourth-order valence-electron chi connectivity index (χ4n) is 2.60. The molecule has 2 atom stereocenters. The minimum atomic E-state index is -5.84. The maximum atomic E-state index is 12.8. The van der Waals surface area contributed by atoms with Gasteiger partial charge in [0.1, 0.15) is 0 Å². The van der Waals surface area contributed by atoms with Crippen molar-refractivity contribution in [2.45, 2.75) is 92.8 Å². The zero-order valence-corrected chi connectivity index (χ0v) is 18.0. The molecule has 2 unspecified atom stereocenters. The molecule has 0 spiro atoms. The van der Waals surface area contributed by atoms with Gasteiger partial charge < -0.3 is 9.47 Å². The van der Waals surface area contributed by atoms with E-state index in [0.29, 0.717) is 12.8 Å². The van der Waals surface area contributed by atoms with Crippen LogP contribution in [0.15, 0.2) is 0 Å². The molecule has 0 amide bonds. The lowest BCUT2D eigenvalue weighted by atomic mass is 9.60. The first-order valence-electron chi connectivity index (χ1n) is 9.13. The van der Waals surface area contributed by atoms with Crippen molar-refractivity contribution in [2.24, 2.45) is 16.2 Å². The van der Waals surface area contributed by atoms with Crippen molar-refractivity contribution in [3.8, 4) is 0 Å². The van der Waals surface area contributed by atoms with Crippen molar-refractivity contribution in [2.75, 3.05) is 0 Å². The van der Waals surface area contributed by atoms with E-state index in [1.54, 1.807) is 27.7 Å². The normalized spacial score (nSPS) is 16.9. The van der Waals surface area contributed by atoms with Gasteiger partial charge in [0.2, 0.25) is 0 Å². The van der Waals surface area contributed by atoms with E-state index >= 15 is 0 Å². The fraction of sp³-hybridized carbons (Fsp3) is 0.895. The lowest BCUT2D eigenvalue weighted by Gasteiger charge is -2.44. The Kier molecular flexibility index (Phi) is 8.27. The van der Waals surface area contributed by atoms with Gasteiger partial charge in [-0.2, -0.15) is 26.3 Å². The molecule has 4 nitrogen and oxygen atoms in total. The summed E-state index contributed by atoms with van der Waals surface area (Å²) >= 11 is 0. The van der Waals surface area contributed by atoms with Crippen molar-refractivity contribution in [1.29, 1.82) is 0 Å². The summed E-state index contributed by atoms with van der Waals surface area (Å²) in [5, 5.41) is 0. The summed E-state index contributed by atoms with van der Waals surface area (Å²) in [6.07, 6.45) is -16.9. The molecule has 172 valence electrons. The third-order valence-electron chi connectivity index (χ3n) is 5.34. The van der Waals surface area contributed by atoms with Crippen LogP contribution >= 0.6 is 0 Å². The number of carbonyl (C=O) groups excluding carboxylic acids is 2. The van der Waals surface area contributed by atoms with E-state index in [9.17, 15) is 35.9 Å². The second kappa shape index (κ2) is 8.71. The van der Waals surface area contributed by atoms with Crippen LogP contribution in [0.3, 0.4) is 0 Å². The molecule has 0 saturated carbocycles. The second-order valence-corrected chi connectivity index (χ2v) is 9.22. The molecule has 10 heteroatoms. The average Bonchev–Trinajstić information content (AvgIpc) is 2.48. The summed E-state index contributed by atoms with van der Waals surface area (Å²) in [7, 11) is 0. The smallest absolute Gasteiger partial charge is 0.434 e. The first kappa shape index (κ1) is 27.5. The molecular formula is C19H30F6O4. The monoisotopic (exact) mass is 436 g/mol. The van der Waals surface area contributed by atoms with Gasteiger partial charge in [-0.1, -0.05) is 48.0 Å². The Morgan fingerprint density at radius 3 is 1.55 bits per heavy atom. The zero-order valence-electron chi connectivity index (χ0n) is 18.0. The van der Waals surface area contributed by atoms with Crippen LogP contribution in [-0.2, 0) is 19.1 Å². The lowest BCUT2D eigenvalue weighted by molar-refractivity contribution is -0.314. The molecular weight excluding hydrogens is 406 g/mol. The van der Waals surface area contributed by atoms with Gasteiger partial charge in [0.25, 0.3) is 6.10 Å². The summed E-state index contributed by atoms with van der Waals surface area (Å²) < 4.78 is 84.0. The zero-order chi connectivity index (χ0) is 23.6. The molecule has 0 aromatic carbocycles. The van der Waals surface area contributed by atoms with E-state index in [1.807, 2.05) is 20.8 Å². The highest BCUT2D eigenvalue weighted by Crippen LogP contribution is 2.48. The van der Waals surface area contributed by atoms with Gasteiger partial charge in [0.15, 0.2) is 6.10 Å². The van der Waals surface area contributed by atoms with Crippen LogP contribution in [0.4, 0.5) is 26.3 Å². The summed E-state index contributed by atoms with van der Waals surface area (Å²) in [5.74, 6) is -2.82. The Hall–Kier alpha value is -1.48. The summed E-state index contributed by atoms with van der Waals surface area (Å²) in [6.45, 7) is 13.5. The minimum Gasteiger partial charge on any atom is -0.450 e. The molecule has 0 aromatic rings. The number of ether oxygens (including phenoxy) is 2. The average molecular weight is 436 g/mol. The predicted octanol–water partition coefficient (Wildman–Crippen LogP) is 5.83. The topological polar surface area (TPSA) is 52.6 Å². The van der Waals surface area contributed by atoms with Gasteiger partial charge in [-0.05, 0) is 31.1 Å². The van der Waals surface area contributed by atoms with Crippen molar-refractivity contribution >= 4 is 11.9 Å². The van der Waals surface area contributed by atoms with E-state index in [-0.39, 0.29) is 5.41 Å². The lowest BCUT2D eigenvalue weighted by Crippen LogP contribution is -2.49. The third kappa shape index (κ3) is 7.37. The maximum Gasteiger partial charge on any atom is 0.434 e. The SMILES string of the molecule is CCC(C)(C)CC(C)(C(=O)OC(C)C(=O)OC(C(F)(F)F)C(F)(F)F)C(C)(C)C. The molecule has 0 N–H and O–H groups in total. The number of carbonyl (C=O) groups is 2. The molecule has 0 aliphatic heterocycles. The maximum absolute atomic E-state index is 12.8. The Bertz CT molecular complexity index is 575. The van der Waals surface area contributed by atoms with E-state index in [2.05, 4.69) is 4.74 Å². The quantitative estimate of drug-likeness (QED) is 0.372. The highest BCUT2D eigenvalue weighted by atomic mass is 19.4. The van der Waals surface area contributed by atoms with Crippen LogP contribution in [0.2, 0.25) is 0 Å². The number of esters is 2. The van der Waals surface area contributed by atoms with Crippen molar-refractivity contribution in [1.82, 2.24) is 0 Å². The molecule has 0 rings (SSSR count). The van der Waals surface area contributed by atoms with Crippen LogP contribution in [0, 0.1) is 16.2 Å². The molecule has 0 aliphatic rings. The highest BCUT2D eigenvalue weighted by Gasteiger charge is 2.60. The van der Waals surface area contributed by atoms with Gasteiger partial charge in [0.05, 0.1) is 5.41 Å². The first-order chi connectivity index (χ1) is 12.6. The van der Waals surface area contributed by atoms with Gasteiger partial charge in [-0.15, -0.1) is 0 Å². The van der Waals surface area contributed by atoms with Crippen LogP contribution in [0.1, 0.15) is 68.2 Å². The first-order valence-corrected chi connectivity index (χ1v) is 9.13. The number of rotatable bonds is 7. The molecule has 0 bridgehead atoms. The van der Waals surface area contributed by atoms with Gasteiger partial charge in [-0.3, -0.25) is 4.79 Å². The number of halogens is 6. The Morgan fingerprint density at radius 1 is 0.828 bits per heavy atom. The molecule has 0 aliphatic carbocycles. The minimum absolute atomic E-state index is 0.303. The largest absolute Gasteiger partial charge is 0.450 e. The van der Waals surface area contributed by atoms with Crippen LogP contribution in [0.5, 0.6) is 0 Å². The summed E-state index contributed by atoms with van der Waals surface area (Å²) in [4.78, 5) is 24.6. The molecule has 29 heavy (non-hydrogen) atoms. The summed E-state index contributed by atoms with van der Waals surface area (Å²) in [5.41, 5.74) is -2.13. The summed E-state index contributed by atoms with van der Waals surface area (Å²) in [6, 6.07) is 0. The van der Waals surface area contributed by atoms with E-state index in [0.717, 1.165) is 6.92 Å². The number of hydrogen-bond donors (Lipinski definition) is 0. The van der Waals surface area contributed by atoms with Crippen LogP contribution < -0.4 is 0 Å². The Labute approximate surface area is 167 Å². The molecule has 0 radical (unpaired) electrons. The Morgan fingerprint density at radius 2 is 1.24 bits per heavy atom. The molecule has 0 heterocycles. The number of alkyl halides is 6. The fourth-order valence-corrected chi connectivity index (χ4v) is 2.60. The van der Waals surface area contributed by atoms with E-state index < -0.39 is 47.3 Å². The standard InChI is InChI=1S/C19H30F6O4/c1-9-16(6,7)10-17(8,15(3,4)5)14(27)28-11(2)12(26)29-13(18(20,21)22)19(23,24)25/h11,13H,9-10H2,1-8H3. The number of hydrogen-bond acceptors (Lipinski definition) is 4. The predicted molar refractivity (Wildman–Crippen MR) is 93.8 cm³/mol. The van der Waals surface area contributed by atoms with Crippen molar-refractivity contribution in [3.05, 3.63) is 0 Å². The van der Waals surface area contributed by atoms with Gasteiger partial charge in [-0.25, -0.2) is 4.79 Å². The van der Waals surface area contributed by atoms with Crippen LogP contribution in [0.25, 0.3) is 0 Å². The van der Waals surface area contributed by atoms with Crippen molar-refractivity contribution in [3.63, 3.8) is 0 Å². The van der Waals surface area contributed by atoms with Gasteiger partial charge in [0, 0.05) is 0 Å². The van der Waals surface area contributed by atoms with E-state index in [1.165, 1.54) is 0 Å². The molecule has 0 aromatic heterocycles. The van der Waals surface area contributed by atoms with Crippen molar-refractivity contribution < 1.29 is 45.4 Å². The highest BCUT2D eigenvalue weighted by molar-refractivity contribution is 5.82. The molecule has 0 saturated heterocycles. The molecule has 0 fully saturated rings. The third-order valence-corrected chi connectivity index (χ3v) is 5.34. The van der Waals surface area contributed by atoms with Crippen LogP contribution in [-0.4, -0.2) is 36.5 Å².